The lowest BCUT2D eigenvalue weighted by Gasteiger charge is -2.16. The molecule has 0 spiro atoms. The second kappa shape index (κ2) is 8.72. The first-order valence-electron chi connectivity index (χ1n) is 7.24. The van der Waals surface area contributed by atoms with Crippen LogP contribution in [0.4, 0.5) is 0 Å². The molecule has 1 aromatic rings. The summed E-state index contributed by atoms with van der Waals surface area (Å²) in [5, 5.41) is 6.37. The van der Waals surface area contributed by atoms with Gasteiger partial charge in [-0.25, -0.2) is 8.42 Å². The van der Waals surface area contributed by atoms with E-state index in [0.717, 1.165) is 16.9 Å². The number of nitrogens with zero attached hydrogens (tertiary/aromatic N) is 1. The topological polar surface area (TPSA) is 79.8 Å². The molecule has 0 amide bonds. The van der Waals surface area contributed by atoms with Gasteiger partial charge >= 0.3 is 0 Å². The predicted molar refractivity (Wildman–Crippen MR) is 104 cm³/mol. The molecule has 1 aromatic carbocycles. The number of hydrogen-bond acceptors (Lipinski definition) is 4. The maximum absolute atomic E-state index is 11.5. The first-order chi connectivity index (χ1) is 10.4. The molecule has 1 saturated heterocycles. The molecule has 2 rings (SSSR count). The maximum Gasteiger partial charge on any atom is 0.191 e. The minimum absolute atomic E-state index is 0. The van der Waals surface area contributed by atoms with Crippen LogP contribution in [0.3, 0.4) is 0 Å². The maximum atomic E-state index is 11.5. The highest BCUT2D eigenvalue weighted by molar-refractivity contribution is 14.0. The molecule has 1 unspecified atom stereocenters. The van der Waals surface area contributed by atoms with E-state index < -0.39 is 9.84 Å². The minimum atomic E-state index is -2.89. The number of rotatable bonds is 4. The lowest BCUT2D eigenvalue weighted by Crippen LogP contribution is -2.43. The van der Waals surface area contributed by atoms with Crippen LogP contribution in [0.25, 0.3) is 0 Å². The van der Waals surface area contributed by atoms with Crippen LogP contribution in [0.1, 0.15) is 17.5 Å². The van der Waals surface area contributed by atoms with E-state index in [9.17, 15) is 8.42 Å². The van der Waals surface area contributed by atoms with Gasteiger partial charge in [0.1, 0.15) is 5.75 Å². The summed E-state index contributed by atoms with van der Waals surface area (Å²) in [5.74, 6) is 1.91. The average Bonchev–Trinajstić information content (AvgIpc) is 2.82. The smallest absolute Gasteiger partial charge is 0.191 e. The first-order valence-corrected chi connectivity index (χ1v) is 9.07. The summed E-state index contributed by atoms with van der Waals surface area (Å²) in [6.07, 6.45) is 0.630. The van der Waals surface area contributed by atoms with E-state index in [2.05, 4.69) is 21.7 Å². The van der Waals surface area contributed by atoms with Crippen molar-refractivity contribution in [2.45, 2.75) is 25.9 Å². The number of sulfone groups is 1. The highest BCUT2D eigenvalue weighted by Crippen LogP contribution is 2.18. The molecule has 0 saturated carbocycles. The molecule has 2 N–H and O–H groups in total. The third-order valence-corrected chi connectivity index (χ3v) is 5.48. The van der Waals surface area contributed by atoms with Gasteiger partial charge in [0.05, 0.1) is 18.6 Å². The molecular weight excluding hydrogens is 429 g/mol. The zero-order valence-electron chi connectivity index (χ0n) is 13.6. The van der Waals surface area contributed by atoms with Crippen molar-refractivity contribution < 1.29 is 13.2 Å². The number of nitrogens with one attached hydrogen (secondary N) is 2. The number of ether oxygens (including phenoxy) is 1. The number of aryl methyl sites for hydroxylation is 1. The summed E-state index contributed by atoms with van der Waals surface area (Å²) in [5.41, 5.74) is 2.19. The monoisotopic (exact) mass is 453 g/mol. The van der Waals surface area contributed by atoms with E-state index in [1.807, 2.05) is 19.1 Å². The lowest BCUT2D eigenvalue weighted by molar-refractivity contribution is 0.411. The van der Waals surface area contributed by atoms with Gasteiger partial charge in [-0.2, -0.15) is 0 Å². The van der Waals surface area contributed by atoms with E-state index in [1.54, 1.807) is 14.2 Å². The SMILES string of the molecule is CN=C(NCc1ccc(OC)c(C)c1)NC1CCS(=O)(=O)C1.I. The zero-order chi connectivity index (χ0) is 16.2. The van der Waals surface area contributed by atoms with Crippen LogP contribution in [0.2, 0.25) is 0 Å². The Bertz CT molecular complexity index is 662. The van der Waals surface area contributed by atoms with Crippen LogP contribution in [0.15, 0.2) is 23.2 Å². The van der Waals surface area contributed by atoms with E-state index in [4.69, 9.17) is 4.74 Å². The molecule has 0 aromatic heterocycles. The van der Waals surface area contributed by atoms with Crippen molar-refractivity contribution in [2.75, 3.05) is 25.7 Å². The van der Waals surface area contributed by atoms with Gasteiger partial charge in [-0.05, 0) is 30.5 Å². The molecule has 0 aliphatic carbocycles. The Hall–Kier alpha value is -1.03. The number of guanidine groups is 1. The zero-order valence-corrected chi connectivity index (χ0v) is 16.8. The molecule has 1 aliphatic rings. The summed E-state index contributed by atoms with van der Waals surface area (Å²) < 4.78 is 28.2. The quantitative estimate of drug-likeness (QED) is 0.410. The Morgan fingerprint density at radius 3 is 2.70 bits per heavy atom. The highest BCUT2D eigenvalue weighted by atomic mass is 127. The summed E-state index contributed by atoms with van der Waals surface area (Å²) in [4.78, 5) is 4.15. The summed E-state index contributed by atoms with van der Waals surface area (Å²) in [6, 6.07) is 5.92. The van der Waals surface area contributed by atoms with Gasteiger partial charge in [-0.15, -0.1) is 24.0 Å². The van der Waals surface area contributed by atoms with Crippen molar-refractivity contribution in [1.29, 1.82) is 0 Å². The Balaban J connectivity index is 0.00000264. The molecule has 1 heterocycles. The molecule has 8 heteroatoms. The van der Waals surface area contributed by atoms with Crippen LogP contribution in [0.5, 0.6) is 5.75 Å². The third-order valence-electron chi connectivity index (χ3n) is 3.72. The molecular formula is C15H24IN3O3S. The van der Waals surface area contributed by atoms with Gasteiger partial charge in [0, 0.05) is 19.6 Å². The largest absolute Gasteiger partial charge is 0.496 e. The molecule has 1 fully saturated rings. The lowest BCUT2D eigenvalue weighted by atomic mass is 10.1. The van der Waals surface area contributed by atoms with Crippen molar-refractivity contribution in [1.82, 2.24) is 10.6 Å². The number of benzene rings is 1. The van der Waals surface area contributed by atoms with Crippen molar-refractivity contribution >= 4 is 39.8 Å². The number of halogens is 1. The third kappa shape index (κ3) is 5.83. The average molecular weight is 453 g/mol. The Morgan fingerprint density at radius 1 is 1.43 bits per heavy atom. The number of hydrogen-bond donors (Lipinski definition) is 2. The van der Waals surface area contributed by atoms with E-state index in [1.165, 1.54) is 0 Å². The molecule has 1 aliphatic heterocycles. The molecule has 1 atom stereocenters. The fourth-order valence-corrected chi connectivity index (χ4v) is 4.21. The minimum Gasteiger partial charge on any atom is -0.496 e. The normalized spacial score (nSPS) is 19.8. The Kier molecular flexibility index (Phi) is 7.59. The molecule has 23 heavy (non-hydrogen) atoms. The molecule has 0 bridgehead atoms. The van der Waals surface area contributed by atoms with Crippen LogP contribution >= 0.6 is 24.0 Å². The van der Waals surface area contributed by atoms with Crippen LogP contribution in [0, 0.1) is 6.92 Å². The van der Waals surface area contributed by atoms with Crippen molar-refractivity contribution in [3.63, 3.8) is 0 Å². The fourth-order valence-electron chi connectivity index (χ4n) is 2.53. The van der Waals surface area contributed by atoms with Crippen LogP contribution < -0.4 is 15.4 Å². The standard InChI is InChI=1S/C15H23N3O3S.HI/c1-11-8-12(4-5-14(11)21-3)9-17-15(16-2)18-13-6-7-22(19,20)10-13;/h4-5,8,13H,6-7,9-10H2,1-3H3,(H2,16,17,18);1H. The molecule has 130 valence electrons. The predicted octanol–water partition coefficient (Wildman–Crippen LogP) is 1.47. The van der Waals surface area contributed by atoms with E-state index in [0.29, 0.717) is 18.9 Å². The molecule has 0 radical (unpaired) electrons. The summed E-state index contributed by atoms with van der Waals surface area (Å²) in [6.45, 7) is 2.61. The van der Waals surface area contributed by atoms with E-state index in [-0.39, 0.29) is 41.5 Å². The first kappa shape index (κ1) is 20.0. The highest BCUT2D eigenvalue weighted by Gasteiger charge is 2.28. The second-order valence-electron chi connectivity index (χ2n) is 5.47. The van der Waals surface area contributed by atoms with Gasteiger partial charge in [0.25, 0.3) is 0 Å². The van der Waals surface area contributed by atoms with Crippen molar-refractivity contribution in [2.24, 2.45) is 4.99 Å². The summed E-state index contributed by atoms with van der Waals surface area (Å²) in [7, 11) is 0.444. The summed E-state index contributed by atoms with van der Waals surface area (Å²) >= 11 is 0. The van der Waals surface area contributed by atoms with E-state index >= 15 is 0 Å². The second-order valence-corrected chi connectivity index (χ2v) is 7.70. The van der Waals surface area contributed by atoms with Crippen molar-refractivity contribution in [3.05, 3.63) is 29.3 Å². The van der Waals surface area contributed by atoms with Crippen LogP contribution in [-0.2, 0) is 16.4 Å². The van der Waals surface area contributed by atoms with Gasteiger partial charge in [-0.3, -0.25) is 4.99 Å². The van der Waals surface area contributed by atoms with Gasteiger partial charge in [0.15, 0.2) is 15.8 Å². The van der Waals surface area contributed by atoms with Crippen LogP contribution in [-0.4, -0.2) is 46.1 Å². The van der Waals surface area contributed by atoms with Gasteiger partial charge < -0.3 is 15.4 Å². The van der Waals surface area contributed by atoms with Crippen molar-refractivity contribution in [3.8, 4) is 5.75 Å². The Morgan fingerprint density at radius 2 is 2.17 bits per heavy atom. The van der Waals surface area contributed by atoms with Gasteiger partial charge in [0.2, 0.25) is 0 Å². The Labute approximate surface area is 155 Å². The number of aliphatic imine (C=N–C) groups is 1. The fraction of sp³-hybridized carbons (Fsp3) is 0.533. The molecule has 6 nitrogen and oxygen atoms in total. The van der Waals surface area contributed by atoms with Gasteiger partial charge in [-0.1, -0.05) is 12.1 Å². The number of methoxy groups -OCH3 is 1.